The van der Waals surface area contributed by atoms with Crippen LogP contribution in [0.5, 0.6) is 0 Å². The maximum Gasteiger partial charge on any atom is 0.220 e. The second-order valence-corrected chi connectivity index (χ2v) is 5.74. The van der Waals surface area contributed by atoms with E-state index in [1.165, 1.54) is 25.5 Å². The fraction of sp³-hybridized carbons (Fsp3) is 0.667. The minimum Gasteiger partial charge on any atom is -0.466 e. The fourth-order valence-corrected chi connectivity index (χ4v) is 2.67. The zero-order valence-corrected chi connectivity index (χ0v) is 11.5. The van der Waals surface area contributed by atoms with Gasteiger partial charge in [0.25, 0.3) is 0 Å². The lowest BCUT2D eigenvalue weighted by Crippen LogP contribution is -2.39. The van der Waals surface area contributed by atoms with Crippen molar-refractivity contribution in [1.82, 2.24) is 5.32 Å². The van der Waals surface area contributed by atoms with Crippen molar-refractivity contribution in [1.29, 1.82) is 0 Å². The molecule has 1 aromatic heterocycles. The number of furan rings is 1. The average Bonchev–Trinajstić information content (AvgIpc) is 2.92. The van der Waals surface area contributed by atoms with Crippen molar-refractivity contribution >= 4 is 5.91 Å². The number of nitrogens with one attached hydrogen (secondary N) is 1. The second kappa shape index (κ2) is 6.24. The van der Waals surface area contributed by atoms with Crippen molar-refractivity contribution in [2.24, 2.45) is 5.92 Å². The molecule has 4 heteroatoms. The molecule has 106 valence electrons. The molecular weight excluding hydrogens is 242 g/mol. The average molecular weight is 265 g/mol. The highest BCUT2D eigenvalue weighted by molar-refractivity contribution is 5.76. The van der Waals surface area contributed by atoms with Gasteiger partial charge in [-0.15, -0.1) is 0 Å². The van der Waals surface area contributed by atoms with Crippen LogP contribution >= 0.6 is 0 Å². The minimum atomic E-state index is -1.15. The molecule has 19 heavy (non-hydrogen) atoms. The molecule has 2 N–H and O–H groups in total. The van der Waals surface area contributed by atoms with Gasteiger partial charge in [0.15, 0.2) is 0 Å². The van der Waals surface area contributed by atoms with Crippen LogP contribution in [0.25, 0.3) is 0 Å². The number of hydrogen-bond acceptors (Lipinski definition) is 3. The molecule has 1 amide bonds. The van der Waals surface area contributed by atoms with Crippen LogP contribution in [0.3, 0.4) is 0 Å². The highest BCUT2D eigenvalue weighted by Crippen LogP contribution is 2.26. The van der Waals surface area contributed by atoms with Gasteiger partial charge >= 0.3 is 0 Å². The summed E-state index contributed by atoms with van der Waals surface area (Å²) in [6, 6.07) is 3.45. The van der Waals surface area contributed by atoms with Gasteiger partial charge < -0.3 is 14.8 Å². The second-order valence-electron chi connectivity index (χ2n) is 5.74. The molecule has 0 radical (unpaired) electrons. The molecule has 1 heterocycles. The smallest absolute Gasteiger partial charge is 0.220 e. The molecule has 0 spiro atoms. The van der Waals surface area contributed by atoms with E-state index in [0.29, 0.717) is 18.1 Å². The Hall–Kier alpha value is -1.29. The number of aliphatic hydroxyl groups is 1. The van der Waals surface area contributed by atoms with Crippen LogP contribution in [0.15, 0.2) is 22.8 Å². The van der Waals surface area contributed by atoms with Crippen molar-refractivity contribution in [2.75, 3.05) is 6.54 Å². The lowest BCUT2D eigenvalue weighted by atomic mass is 9.87. The van der Waals surface area contributed by atoms with Crippen LogP contribution in [0.1, 0.15) is 51.2 Å². The highest BCUT2D eigenvalue weighted by atomic mass is 16.4. The van der Waals surface area contributed by atoms with Gasteiger partial charge in [0.1, 0.15) is 11.4 Å². The van der Waals surface area contributed by atoms with Crippen LogP contribution in [0.4, 0.5) is 0 Å². The van der Waals surface area contributed by atoms with Crippen molar-refractivity contribution in [3.8, 4) is 0 Å². The van der Waals surface area contributed by atoms with Crippen LogP contribution < -0.4 is 5.32 Å². The lowest BCUT2D eigenvalue weighted by Gasteiger charge is -2.23. The molecular formula is C15H23NO3. The molecule has 2 rings (SSSR count). The summed E-state index contributed by atoms with van der Waals surface area (Å²) in [4.78, 5) is 11.9. The Morgan fingerprint density at radius 1 is 1.47 bits per heavy atom. The van der Waals surface area contributed by atoms with E-state index >= 15 is 0 Å². The van der Waals surface area contributed by atoms with Gasteiger partial charge in [-0.3, -0.25) is 4.79 Å². The molecule has 0 aliphatic heterocycles. The van der Waals surface area contributed by atoms with Crippen LogP contribution in [0, 0.1) is 5.92 Å². The minimum absolute atomic E-state index is 0.0266. The van der Waals surface area contributed by atoms with Gasteiger partial charge in [0.2, 0.25) is 5.91 Å². The largest absolute Gasteiger partial charge is 0.466 e. The number of rotatable bonds is 5. The summed E-state index contributed by atoms with van der Waals surface area (Å²) in [5.74, 6) is 1.02. The van der Waals surface area contributed by atoms with Gasteiger partial charge in [-0.1, -0.05) is 19.3 Å². The summed E-state index contributed by atoms with van der Waals surface area (Å²) in [6.07, 6.45) is 8.18. The van der Waals surface area contributed by atoms with E-state index in [0.717, 1.165) is 12.8 Å². The summed E-state index contributed by atoms with van der Waals surface area (Å²) in [6.45, 7) is 1.83. The fourth-order valence-electron chi connectivity index (χ4n) is 2.67. The van der Waals surface area contributed by atoms with Gasteiger partial charge in [0.05, 0.1) is 12.8 Å². The number of carbonyl (C=O) groups is 1. The van der Waals surface area contributed by atoms with Gasteiger partial charge in [-0.05, 0) is 37.8 Å². The third-order valence-corrected chi connectivity index (χ3v) is 3.88. The van der Waals surface area contributed by atoms with Gasteiger partial charge in [-0.2, -0.15) is 0 Å². The molecule has 0 bridgehead atoms. The summed E-state index contributed by atoms with van der Waals surface area (Å²) in [5, 5.41) is 13.0. The Morgan fingerprint density at radius 2 is 2.21 bits per heavy atom. The van der Waals surface area contributed by atoms with Crippen molar-refractivity contribution in [3.63, 3.8) is 0 Å². The van der Waals surface area contributed by atoms with E-state index in [2.05, 4.69) is 5.32 Å². The summed E-state index contributed by atoms with van der Waals surface area (Å²) < 4.78 is 5.18. The Morgan fingerprint density at radius 3 is 2.84 bits per heavy atom. The molecule has 1 atom stereocenters. The molecule has 1 unspecified atom stereocenters. The maximum atomic E-state index is 11.9. The first-order valence-electron chi connectivity index (χ1n) is 7.11. The molecule has 1 saturated carbocycles. The molecule has 0 saturated heterocycles. The SMILES string of the molecule is CC(O)(CNC(=O)CC1CCCCC1)c1ccco1. The van der Waals surface area contributed by atoms with E-state index in [9.17, 15) is 9.90 Å². The first-order valence-corrected chi connectivity index (χ1v) is 7.11. The van der Waals surface area contributed by atoms with E-state index in [1.54, 1.807) is 19.1 Å². The Bertz CT molecular complexity index is 392. The van der Waals surface area contributed by atoms with Crippen molar-refractivity contribution in [2.45, 2.75) is 51.0 Å². The molecule has 0 aromatic carbocycles. The third kappa shape index (κ3) is 4.10. The maximum absolute atomic E-state index is 11.9. The predicted molar refractivity (Wildman–Crippen MR) is 72.5 cm³/mol. The standard InChI is InChI=1S/C15H23NO3/c1-15(18,13-8-5-9-19-13)11-16-14(17)10-12-6-3-2-4-7-12/h5,8-9,12,18H,2-4,6-7,10-11H2,1H3,(H,16,17). The monoisotopic (exact) mass is 265 g/mol. The van der Waals surface area contributed by atoms with Crippen LogP contribution in [0.2, 0.25) is 0 Å². The number of hydrogen-bond donors (Lipinski definition) is 2. The van der Waals surface area contributed by atoms with Gasteiger partial charge in [-0.25, -0.2) is 0 Å². The predicted octanol–water partition coefficient (Wildman–Crippen LogP) is 2.57. The summed E-state index contributed by atoms with van der Waals surface area (Å²) in [5.41, 5.74) is -1.15. The Kier molecular flexibility index (Phi) is 4.64. The first-order chi connectivity index (χ1) is 9.08. The number of carbonyl (C=O) groups excluding carboxylic acids is 1. The number of amides is 1. The zero-order chi connectivity index (χ0) is 13.7. The van der Waals surface area contributed by atoms with E-state index in [1.807, 2.05) is 0 Å². The first kappa shape index (κ1) is 14.1. The Balaban J connectivity index is 1.76. The van der Waals surface area contributed by atoms with Crippen LogP contribution in [-0.2, 0) is 10.4 Å². The van der Waals surface area contributed by atoms with E-state index < -0.39 is 5.60 Å². The molecule has 4 nitrogen and oxygen atoms in total. The van der Waals surface area contributed by atoms with Gasteiger partial charge in [0, 0.05) is 6.42 Å². The van der Waals surface area contributed by atoms with Crippen molar-refractivity contribution in [3.05, 3.63) is 24.2 Å². The lowest BCUT2D eigenvalue weighted by molar-refractivity contribution is -0.123. The zero-order valence-electron chi connectivity index (χ0n) is 11.5. The van der Waals surface area contributed by atoms with Crippen LogP contribution in [-0.4, -0.2) is 17.6 Å². The molecule has 1 fully saturated rings. The van der Waals surface area contributed by atoms with Crippen molar-refractivity contribution < 1.29 is 14.3 Å². The normalized spacial score (nSPS) is 19.9. The topological polar surface area (TPSA) is 62.5 Å². The summed E-state index contributed by atoms with van der Waals surface area (Å²) >= 11 is 0. The molecule has 1 aliphatic rings. The molecule has 1 aliphatic carbocycles. The Labute approximate surface area is 114 Å². The summed E-state index contributed by atoms with van der Waals surface area (Å²) in [7, 11) is 0. The van der Waals surface area contributed by atoms with E-state index in [4.69, 9.17) is 4.42 Å². The highest BCUT2D eigenvalue weighted by Gasteiger charge is 2.27. The third-order valence-electron chi connectivity index (χ3n) is 3.88. The van der Waals surface area contributed by atoms with E-state index in [-0.39, 0.29) is 12.5 Å². The quantitative estimate of drug-likeness (QED) is 0.860. The molecule has 1 aromatic rings.